The minimum atomic E-state index is -0.830. The van der Waals surface area contributed by atoms with Gasteiger partial charge in [-0.2, -0.15) is 4.98 Å². The maximum absolute atomic E-state index is 12.6. The summed E-state index contributed by atoms with van der Waals surface area (Å²) in [6, 6.07) is 0. The van der Waals surface area contributed by atoms with Crippen molar-refractivity contribution in [1.29, 1.82) is 0 Å². The van der Waals surface area contributed by atoms with Crippen molar-refractivity contribution in [3.63, 3.8) is 0 Å². The van der Waals surface area contributed by atoms with Gasteiger partial charge in [-0.3, -0.25) is 4.90 Å². The molecule has 0 radical (unpaired) electrons. The molecule has 1 aromatic heterocycles. The van der Waals surface area contributed by atoms with Gasteiger partial charge >= 0.3 is 6.09 Å². The molecule has 0 saturated carbocycles. The van der Waals surface area contributed by atoms with Gasteiger partial charge in [0.1, 0.15) is 16.9 Å². The van der Waals surface area contributed by atoms with E-state index in [9.17, 15) is 4.79 Å². The lowest BCUT2D eigenvalue weighted by molar-refractivity contribution is -0.0691. The average Bonchev–Trinajstić information content (AvgIpc) is 2.80. The maximum atomic E-state index is 12.6. The van der Waals surface area contributed by atoms with Crippen molar-refractivity contribution in [2.75, 3.05) is 6.61 Å². The van der Waals surface area contributed by atoms with Crippen molar-refractivity contribution in [3.05, 3.63) is 11.7 Å². The zero-order chi connectivity index (χ0) is 16.1. The molecule has 7 heteroatoms. The van der Waals surface area contributed by atoms with Gasteiger partial charge in [0.25, 0.3) is 0 Å². The second-order valence-corrected chi connectivity index (χ2v) is 6.96. The van der Waals surface area contributed by atoms with Gasteiger partial charge in [0.15, 0.2) is 5.82 Å². The van der Waals surface area contributed by atoms with Gasteiger partial charge < -0.3 is 14.0 Å². The predicted molar refractivity (Wildman–Crippen MR) is 74.5 cm³/mol. The van der Waals surface area contributed by atoms with E-state index in [0.717, 1.165) is 0 Å². The Labute approximate surface area is 124 Å². The molecule has 2 heterocycles. The summed E-state index contributed by atoms with van der Waals surface area (Å²) in [4.78, 5) is 18.4. The first-order valence-corrected chi connectivity index (χ1v) is 6.94. The Bertz CT molecular complexity index is 547. The van der Waals surface area contributed by atoms with E-state index in [2.05, 4.69) is 10.1 Å². The second-order valence-electron chi connectivity index (χ2n) is 6.96. The normalized spacial score (nSPS) is 25.2. The summed E-state index contributed by atoms with van der Waals surface area (Å²) in [5.74, 6) is 0.858. The Morgan fingerprint density at radius 2 is 1.95 bits per heavy atom. The van der Waals surface area contributed by atoms with Crippen LogP contribution in [0.2, 0.25) is 0 Å². The van der Waals surface area contributed by atoms with Crippen molar-refractivity contribution in [2.45, 2.75) is 65.3 Å². The standard InChI is InChI=1S/C14H23N3O4/c1-9-15-10(16-21-9)14(7)8-19-13(5,6)17(14)11(18)20-12(2,3)4/h8H2,1-7H3. The third kappa shape index (κ3) is 2.88. The highest BCUT2D eigenvalue weighted by Crippen LogP contribution is 2.41. The Balaban J connectivity index is 2.39. The molecule has 7 nitrogen and oxygen atoms in total. The molecule has 1 aliphatic heterocycles. The van der Waals surface area contributed by atoms with Crippen LogP contribution in [0.15, 0.2) is 4.52 Å². The number of ether oxygens (including phenoxy) is 2. The summed E-state index contributed by atoms with van der Waals surface area (Å²) in [7, 11) is 0. The molecule has 2 rings (SSSR count). The fourth-order valence-corrected chi connectivity index (χ4v) is 2.45. The van der Waals surface area contributed by atoms with E-state index < -0.39 is 23.0 Å². The van der Waals surface area contributed by atoms with Gasteiger partial charge in [-0.1, -0.05) is 5.16 Å². The van der Waals surface area contributed by atoms with Crippen LogP contribution in [0.1, 0.15) is 53.3 Å². The summed E-state index contributed by atoms with van der Waals surface area (Å²) < 4.78 is 16.3. The maximum Gasteiger partial charge on any atom is 0.413 e. The van der Waals surface area contributed by atoms with Gasteiger partial charge in [-0.25, -0.2) is 4.79 Å². The zero-order valence-corrected chi connectivity index (χ0v) is 13.7. The molecule has 1 fully saturated rings. The lowest BCUT2D eigenvalue weighted by atomic mass is 10.0. The van der Waals surface area contributed by atoms with Gasteiger partial charge in [0, 0.05) is 6.92 Å². The van der Waals surface area contributed by atoms with Crippen LogP contribution in [-0.2, 0) is 15.0 Å². The first-order chi connectivity index (χ1) is 9.46. The quantitative estimate of drug-likeness (QED) is 0.793. The third-order valence-corrected chi connectivity index (χ3v) is 3.32. The van der Waals surface area contributed by atoms with Crippen molar-refractivity contribution in [1.82, 2.24) is 15.0 Å². The summed E-state index contributed by atoms with van der Waals surface area (Å²) in [6.07, 6.45) is -0.463. The molecular formula is C14H23N3O4. The van der Waals surface area contributed by atoms with Gasteiger partial charge in [0.05, 0.1) is 6.61 Å². The average molecular weight is 297 g/mol. The van der Waals surface area contributed by atoms with E-state index in [4.69, 9.17) is 14.0 Å². The Kier molecular flexibility index (Phi) is 3.52. The molecule has 0 bridgehead atoms. The number of aryl methyl sites for hydroxylation is 1. The molecule has 0 aromatic carbocycles. The van der Waals surface area contributed by atoms with Crippen molar-refractivity contribution < 1.29 is 18.8 Å². The van der Waals surface area contributed by atoms with E-state index in [1.54, 1.807) is 6.92 Å². The number of hydrogen-bond donors (Lipinski definition) is 0. The topological polar surface area (TPSA) is 77.7 Å². The summed E-state index contributed by atoms with van der Waals surface area (Å²) in [5, 5.41) is 3.95. The highest BCUT2D eigenvalue weighted by molar-refractivity contribution is 5.70. The molecule has 1 atom stereocenters. The van der Waals surface area contributed by atoms with Crippen LogP contribution in [0.4, 0.5) is 4.79 Å². The van der Waals surface area contributed by atoms with Crippen LogP contribution < -0.4 is 0 Å². The Morgan fingerprint density at radius 1 is 1.33 bits per heavy atom. The smallest absolute Gasteiger partial charge is 0.413 e. The van der Waals surface area contributed by atoms with Crippen LogP contribution in [-0.4, -0.2) is 39.1 Å². The molecule has 0 N–H and O–H groups in total. The van der Waals surface area contributed by atoms with Gasteiger partial charge in [-0.15, -0.1) is 0 Å². The number of rotatable bonds is 1. The van der Waals surface area contributed by atoms with E-state index in [0.29, 0.717) is 11.7 Å². The molecule has 1 amide bonds. The summed E-state index contributed by atoms with van der Waals surface area (Å²) >= 11 is 0. The van der Waals surface area contributed by atoms with E-state index in [1.165, 1.54) is 4.90 Å². The fourth-order valence-electron chi connectivity index (χ4n) is 2.45. The molecule has 1 aromatic rings. The van der Waals surface area contributed by atoms with Gasteiger partial charge in [-0.05, 0) is 41.5 Å². The lowest BCUT2D eigenvalue weighted by Gasteiger charge is -2.38. The number of amides is 1. The van der Waals surface area contributed by atoms with E-state index >= 15 is 0 Å². The molecule has 1 unspecified atom stereocenters. The monoisotopic (exact) mass is 297 g/mol. The number of aromatic nitrogens is 2. The van der Waals surface area contributed by atoms with Crippen molar-refractivity contribution in [2.24, 2.45) is 0 Å². The number of nitrogens with zero attached hydrogens (tertiary/aromatic N) is 3. The lowest BCUT2D eigenvalue weighted by Crippen LogP contribution is -2.54. The van der Waals surface area contributed by atoms with Crippen LogP contribution in [0.3, 0.4) is 0 Å². The van der Waals surface area contributed by atoms with E-state index in [1.807, 2.05) is 41.5 Å². The highest BCUT2D eigenvalue weighted by atomic mass is 16.6. The number of carbonyl (C=O) groups is 1. The first-order valence-electron chi connectivity index (χ1n) is 6.94. The summed E-state index contributed by atoms with van der Waals surface area (Å²) in [5.41, 5.74) is -2.24. The largest absolute Gasteiger partial charge is 0.444 e. The molecule has 1 aliphatic rings. The molecule has 1 saturated heterocycles. The number of hydrogen-bond acceptors (Lipinski definition) is 6. The van der Waals surface area contributed by atoms with Gasteiger partial charge in [0.2, 0.25) is 5.89 Å². The second kappa shape index (κ2) is 4.69. The highest BCUT2D eigenvalue weighted by Gasteiger charge is 2.56. The third-order valence-electron chi connectivity index (χ3n) is 3.32. The van der Waals surface area contributed by atoms with Crippen LogP contribution in [0, 0.1) is 6.92 Å². The van der Waals surface area contributed by atoms with Crippen LogP contribution in [0.5, 0.6) is 0 Å². The minimum Gasteiger partial charge on any atom is -0.444 e. The minimum absolute atomic E-state index is 0.276. The van der Waals surface area contributed by atoms with Crippen LogP contribution >= 0.6 is 0 Å². The molecule has 118 valence electrons. The number of carbonyl (C=O) groups excluding carboxylic acids is 1. The van der Waals surface area contributed by atoms with Crippen molar-refractivity contribution in [3.8, 4) is 0 Å². The SMILES string of the molecule is Cc1nc(C2(C)COC(C)(C)N2C(=O)OC(C)(C)C)no1. The van der Waals surface area contributed by atoms with E-state index in [-0.39, 0.29) is 6.61 Å². The van der Waals surface area contributed by atoms with Crippen LogP contribution in [0.25, 0.3) is 0 Å². The predicted octanol–water partition coefficient (Wildman–Crippen LogP) is 2.60. The molecule has 21 heavy (non-hydrogen) atoms. The Hall–Kier alpha value is -1.63. The fraction of sp³-hybridized carbons (Fsp3) is 0.786. The summed E-state index contributed by atoms with van der Waals surface area (Å²) in [6.45, 7) is 12.9. The first kappa shape index (κ1) is 15.8. The zero-order valence-electron chi connectivity index (χ0n) is 13.7. The molecular weight excluding hydrogens is 274 g/mol. The molecule has 0 spiro atoms. The molecule has 0 aliphatic carbocycles. The van der Waals surface area contributed by atoms with Crippen molar-refractivity contribution >= 4 is 6.09 Å². The Morgan fingerprint density at radius 3 is 2.43 bits per heavy atom.